The Bertz CT molecular complexity index is 818. The van der Waals surface area contributed by atoms with E-state index < -0.39 is 0 Å². The molecule has 0 aliphatic carbocycles. The molecule has 3 nitrogen and oxygen atoms in total. The first kappa shape index (κ1) is 18.2. The molecule has 3 heteroatoms. The number of fused-ring (bicyclic) bond motifs is 1. The van der Waals surface area contributed by atoms with E-state index in [-0.39, 0.29) is 11.2 Å². The van der Waals surface area contributed by atoms with Gasteiger partial charge in [-0.1, -0.05) is 45.4 Å². The van der Waals surface area contributed by atoms with Gasteiger partial charge in [0.1, 0.15) is 5.75 Å². The van der Waals surface area contributed by atoms with Crippen molar-refractivity contribution >= 4 is 11.5 Å². The van der Waals surface area contributed by atoms with E-state index in [1.165, 1.54) is 5.56 Å². The van der Waals surface area contributed by atoms with Gasteiger partial charge in [0.15, 0.2) is 5.78 Å². The van der Waals surface area contributed by atoms with Gasteiger partial charge < -0.3 is 9.64 Å². The van der Waals surface area contributed by atoms with Crippen LogP contribution in [0.5, 0.6) is 5.75 Å². The lowest BCUT2D eigenvalue weighted by molar-refractivity contribution is 0.104. The third-order valence-electron chi connectivity index (χ3n) is 5.11. The number of anilines is 1. The molecule has 0 aromatic heterocycles. The molecule has 1 heterocycles. The molecular formula is C23H27NO2. The van der Waals surface area contributed by atoms with Crippen molar-refractivity contribution in [3.05, 3.63) is 71.4 Å². The van der Waals surface area contributed by atoms with Crippen LogP contribution in [0.25, 0.3) is 0 Å². The van der Waals surface area contributed by atoms with Crippen LogP contribution in [-0.4, -0.2) is 19.4 Å². The SMILES string of the molecule is CCCCOc1ccc(C(=O)C=C2N(C)c3ccccc3C2(C)C)cc1. The Morgan fingerprint density at radius 1 is 1.12 bits per heavy atom. The van der Waals surface area contributed by atoms with Gasteiger partial charge in [-0.15, -0.1) is 0 Å². The van der Waals surface area contributed by atoms with Gasteiger partial charge >= 0.3 is 0 Å². The van der Waals surface area contributed by atoms with Gasteiger partial charge in [-0.2, -0.15) is 0 Å². The van der Waals surface area contributed by atoms with Crippen molar-refractivity contribution in [2.24, 2.45) is 0 Å². The molecule has 2 aromatic carbocycles. The number of hydrogen-bond acceptors (Lipinski definition) is 3. The van der Waals surface area contributed by atoms with E-state index in [4.69, 9.17) is 4.74 Å². The van der Waals surface area contributed by atoms with E-state index >= 15 is 0 Å². The minimum Gasteiger partial charge on any atom is -0.494 e. The molecule has 2 aromatic rings. The largest absolute Gasteiger partial charge is 0.494 e. The number of nitrogens with zero attached hydrogens (tertiary/aromatic N) is 1. The molecule has 0 unspecified atom stereocenters. The highest BCUT2D eigenvalue weighted by Crippen LogP contribution is 2.46. The zero-order chi connectivity index (χ0) is 18.7. The first-order valence-electron chi connectivity index (χ1n) is 9.27. The monoisotopic (exact) mass is 349 g/mol. The average molecular weight is 349 g/mol. The van der Waals surface area contributed by atoms with E-state index in [1.807, 2.05) is 37.4 Å². The van der Waals surface area contributed by atoms with E-state index in [2.05, 4.69) is 43.9 Å². The standard InChI is InChI=1S/C23H27NO2/c1-5-6-15-26-18-13-11-17(12-14-18)21(25)16-22-23(2,3)19-9-7-8-10-20(19)24(22)4/h7-14,16H,5-6,15H2,1-4H3. The second kappa shape index (κ2) is 7.36. The van der Waals surface area contributed by atoms with Gasteiger partial charge in [-0.3, -0.25) is 4.79 Å². The predicted molar refractivity (Wildman–Crippen MR) is 107 cm³/mol. The Morgan fingerprint density at radius 3 is 2.46 bits per heavy atom. The summed E-state index contributed by atoms with van der Waals surface area (Å²) in [6.07, 6.45) is 3.91. The van der Waals surface area contributed by atoms with Gasteiger partial charge in [0, 0.05) is 35.5 Å². The molecule has 0 bridgehead atoms. The van der Waals surface area contributed by atoms with Crippen LogP contribution >= 0.6 is 0 Å². The number of ether oxygens (including phenoxy) is 1. The number of benzene rings is 2. The predicted octanol–water partition coefficient (Wildman–Crippen LogP) is 5.36. The zero-order valence-corrected chi connectivity index (χ0v) is 16.1. The summed E-state index contributed by atoms with van der Waals surface area (Å²) >= 11 is 0. The topological polar surface area (TPSA) is 29.5 Å². The van der Waals surface area contributed by atoms with Crippen LogP contribution in [0, 0.1) is 0 Å². The van der Waals surface area contributed by atoms with Crippen LogP contribution in [0.2, 0.25) is 0 Å². The van der Waals surface area contributed by atoms with Crippen LogP contribution in [-0.2, 0) is 5.41 Å². The summed E-state index contributed by atoms with van der Waals surface area (Å²) in [5.74, 6) is 0.834. The van der Waals surface area contributed by atoms with Crippen molar-refractivity contribution in [1.82, 2.24) is 0 Å². The smallest absolute Gasteiger partial charge is 0.187 e. The summed E-state index contributed by atoms with van der Waals surface area (Å²) in [6.45, 7) is 7.18. The molecule has 0 spiro atoms. The van der Waals surface area contributed by atoms with Gasteiger partial charge in [-0.05, 0) is 42.3 Å². The number of rotatable bonds is 6. The lowest BCUT2D eigenvalue weighted by Crippen LogP contribution is -2.24. The van der Waals surface area contributed by atoms with Crippen molar-refractivity contribution in [3.8, 4) is 5.75 Å². The van der Waals surface area contributed by atoms with Gasteiger partial charge in [-0.25, -0.2) is 0 Å². The fraction of sp³-hybridized carbons (Fsp3) is 0.348. The number of allylic oxidation sites excluding steroid dienone is 2. The van der Waals surface area contributed by atoms with Crippen molar-refractivity contribution in [1.29, 1.82) is 0 Å². The molecule has 1 aliphatic rings. The van der Waals surface area contributed by atoms with E-state index in [0.717, 1.165) is 30.0 Å². The lowest BCUT2D eigenvalue weighted by Gasteiger charge is -2.24. The second-order valence-corrected chi connectivity index (χ2v) is 7.32. The summed E-state index contributed by atoms with van der Waals surface area (Å²) in [5, 5.41) is 0. The number of carbonyl (C=O) groups excluding carboxylic acids is 1. The molecule has 0 radical (unpaired) electrons. The molecule has 0 fully saturated rings. The number of likely N-dealkylation sites (N-methyl/N-ethyl adjacent to an activating group) is 1. The summed E-state index contributed by atoms with van der Waals surface area (Å²) in [4.78, 5) is 14.9. The lowest BCUT2D eigenvalue weighted by atomic mass is 9.83. The summed E-state index contributed by atoms with van der Waals surface area (Å²) in [6, 6.07) is 15.8. The zero-order valence-electron chi connectivity index (χ0n) is 16.1. The maximum Gasteiger partial charge on any atom is 0.187 e. The van der Waals surface area contributed by atoms with E-state index in [1.54, 1.807) is 6.08 Å². The fourth-order valence-corrected chi connectivity index (χ4v) is 3.52. The highest BCUT2D eigenvalue weighted by molar-refractivity contribution is 6.05. The first-order valence-corrected chi connectivity index (χ1v) is 9.27. The minimum absolute atomic E-state index is 0.0211. The van der Waals surface area contributed by atoms with Gasteiger partial charge in [0.2, 0.25) is 0 Å². The Labute approximate surface area is 156 Å². The van der Waals surface area contributed by atoms with Gasteiger partial charge in [0.05, 0.1) is 6.61 Å². The van der Waals surface area contributed by atoms with Crippen molar-refractivity contribution in [2.45, 2.75) is 39.0 Å². The van der Waals surface area contributed by atoms with Gasteiger partial charge in [0.25, 0.3) is 0 Å². The second-order valence-electron chi connectivity index (χ2n) is 7.32. The molecule has 136 valence electrons. The molecule has 3 rings (SSSR count). The summed E-state index contributed by atoms with van der Waals surface area (Å²) in [7, 11) is 2.03. The van der Waals surface area contributed by atoms with Crippen LogP contribution in [0.4, 0.5) is 5.69 Å². The van der Waals surface area contributed by atoms with Crippen LogP contribution in [0.1, 0.15) is 49.5 Å². The molecular weight excluding hydrogens is 322 g/mol. The average Bonchev–Trinajstić information content (AvgIpc) is 2.84. The van der Waals surface area contributed by atoms with E-state index in [0.29, 0.717) is 12.2 Å². The number of ketones is 1. The summed E-state index contributed by atoms with van der Waals surface area (Å²) in [5.41, 5.74) is 3.93. The molecule has 0 saturated heterocycles. The van der Waals surface area contributed by atoms with Crippen LogP contribution in [0.3, 0.4) is 0 Å². The Kier molecular flexibility index (Phi) is 5.17. The van der Waals surface area contributed by atoms with Crippen molar-refractivity contribution in [3.63, 3.8) is 0 Å². The quantitative estimate of drug-likeness (QED) is 0.399. The highest BCUT2D eigenvalue weighted by Gasteiger charge is 2.38. The van der Waals surface area contributed by atoms with E-state index in [9.17, 15) is 4.79 Å². The Balaban J connectivity index is 1.81. The highest BCUT2D eigenvalue weighted by atomic mass is 16.5. The third-order valence-corrected chi connectivity index (χ3v) is 5.11. The first-order chi connectivity index (χ1) is 12.4. The normalized spacial score (nSPS) is 16.6. The van der Waals surface area contributed by atoms with Crippen LogP contribution in [0.15, 0.2) is 60.3 Å². The molecule has 0 amide bonds. The number of carbonyl (C=O) groups is 1. The fourth-order valence-electron chi connectivity index (χ4n) is 3.52. The summed E-state index contributed by atoms with van der Waals surface area (Å²) < 4.78 is 5.67. The maximum absolute atomic E-state index is 12.8. The molecule has 26 heavy (non-hydrogen) atoms. The Morgan fingerprint density at radius 2 is 1.81 bits per heavy atom. The maximum atomic E-state index is 12.8. The third kappa shape index (κ3) is 3.39. The molecule has 1 aliphatic heterocycles. The molecule has 0 saturated carbocycles. The number of para-hydroxylation sites is 1. The number of unbranched alkanes of at least 4 members (excludes halogenated alkanes) is 1. The van der Waals surface area contributed by atoms with Crippen molar-refractivity contribution in [2.75, 3.05) is 18.6 Å². The molecule has 0 N–H and O–H groups in total. The van der Waals surface area contributed by atoms with Crippen LogP contribution < -0.4 is 9.64 Å². The Hall–Kier alpha value is -2.55. The molecule has 0 atom stereocenters. The van der Waals surface area contributed by atoms with Crippen molar-refractivity contribution < 1.29 is 9.53 Å². The minimum atomic E-state index is -0.190. The number of hydrogen-bond donors (Lipinski definition) is 0.